The summed E-state index contributed by atoms with van der Waals surface area (Å²) in [6, 6.07) is 6.31. The number of amides is 1. The first-order valence-electron chi connectivity index (χ1n) is 8.19. The van der Waals surface area contributed by atoms with E-state index in [1.165, 1.54) is 40.1 Å². The summed E-state index contributed by atoms with van der Waals surface area (Å²) in [4.78, 5) is 17.1. The van der Waals surface area contributed by atoms with E-state index in [1.807, 2.05) is 11.4 Å². The number of tetrazole rings is 1. The van der Waals surface area contributed by atoms with Gasteiger partial charge in [-0.25, -0.2) is 0 Å². The van der Waals surface area contributed by atoms with E-state index >= 15 is 0 Å². The van der Waals surface area contributed by atoms with E-state index in [2.05, 4.69) is 43.3 Å². The minimum absolute atomic E-state index is 0.0822. The van der Waals surface area contributed by atoms with Gasteiger partial charge >= 0.3 is 0 Å². The molecule has 25 heavy (non-hydrogen) atoms. The third-order valence-corrected chi connectivity index (χ3v) is 6.23. The number of rotatable bonds is 6. The maximum absolute atomic E-state index is 12.7. The number of aromatic nitrogens is 4. The van der Waals surface area contributed by atoms with Crippen LogP contribution in [0.5, 0.6) is 0 Å². The van der Waals surface area contributed by atoms with Crippen molar-refractivity contribution in [3.63, 3.8) is 0 Å². The van der Waals surface area contributed by atoms with Crippen molar-refractivity contribution < 1.29 is 4.79 Å². The summed E-state index contributed by atoms with van der Waals surface area (Å²) in [7, 11) is 0. The Bertz CT molecular complexity index is 808. The van der Waals surface area contributed by atoms with Crippen molar-refractivity contribution in [1.82, 2.24) is 30.4 Å². The zero-order valence-corrected chi connectivity index (χ0v) is 15.2. The summed E-state index contributed by atoms with van der Waals surface area (Å²) in [6.07, 6.45) is 3.95. The summed E-state index contributed by atoms with van der Waals surface area (Å²) in [5.74, 6) is -0.0822. The molecule has 3 aromatic heterocycles. The predicted octanol–water partition coefficient (Wildman–Crippen LogP) is 2.35. The van der Waals surface area contributed by atoms with Crippen LogP contribution in [0.3, 0.4) is 0 Å². The lowest BCUT2D eigenvalue weighted by molar-refractivity contribution is 0.0942. The zero-order valence-electron chi connectivity index (χ0n) is 13.5. The Balaban J connectivity index is 1.48. The molecule has 9 heteroatoms. The molecule has 0 bridgehead atoms. The SMILES string of the molecule is O=C(NC[C@@H](c1cccs1)N1CCCC1)c1sccc1-n1cnnn1. The molecule has 0 aliphatic carbocycles. The number of nitrogens with one attached hydrogen (secondary N) is 1. The first-order chi connectivity index (χ1) is 12.3. The highest BCUT2D eigenvalue weighted by Gasteiger charge is 2.25. The molecule has 1 saturated heterocycles. The van der Waals surface area contributed by atoms with Gasteiger partial charge < -0.3 is 5.32 Å². The highest BCUT2D eigenvalue weighted by Crippen LogP contribution is 2.28. The summed E-state index contributed by atoms with van der Waals surface area (Å²) in [5.41, 5.74) is 0.710. The van der Waals surface area contributed by atoms with Gasteiger partial charge in [0.25, 0.3) is 5.91 Å². The van der Waals surface area contributed by atoms with Crippen LogP contribution in [0, 0.1) is 0 Å². The molecule has 1 atom stereocenters. The number of thiophene rings is 2. The van der Waals surface area contributed by atoms with Crippen LogP contribution < -0.4 is 5.32 Å². The van der Waals surface area contributed by atoms with Gasteiger partial charge in [0.1, 0.15) is 11.2 Å². The van der Waals surface area contributed by atoms with Crippen LogP contribution in [-0.2, 0) is 0 Å². The van der Waals surface area contributed by atoms with Crippen molar-refractivity contribution in [2.45, 2.75) is 18.9 Å². The molecule has 0 saturated carbocycles. The lowest BCUT2D eigenvalue weighted by atomic mass is 10.2. The van der Waals surface area contributed by atoms with Crippen molar-refractivity contribution in [2.75, 3.05) is 19.6 Å². The van der Waals surface area contributed by atoms with Crippen molar-refractivity contribution in [3.05, 3.63) is 45.0 Å². The van der Waals surface area contributed by atoms with Crippen molar-refractivity contribution >= 4 is 28.6 Å². The van der Waals surface area contributed by atoms with Crippen molar-refractivity contribution in [3.8, 4) is 5.69 Å². The Kier molecular flexibility index (Phi) is 4.86. The van der Waals surface area contributed by atoms with Crippen LogP contribution >= 0.6 is 22.7 Å². The van der Waals surface area contributed by atoms with Gasteiger partial charge in [0.05, 0.1) is 11.7 Å². The van der Waals surface area contributed by atoms with Crippen LogP contribution in [0.15, 0.2) is 35.3 Å². The molecule has 1 amide bonds. The molecule has 1 aliphatic rings. The van der Waals surface area contributed by atoms with E-state index in [0.29, 0.717) is 17.1 Å². The van der Waals surface area contributed by atoms with E-state index in [4.69, 9.17) is 0 Å². The van der Waals surface area contributed by atoms with Crippen molar-refractivity contribution in [2.24, 2.45) is 0 Å². The third-order valence-electron chi connectivity index (χ3n) is 4.36. The molecule has 1 fully saturated rings. The molecule has 130 valence electrons. The van der Waals surface area contributed by atoms with Crippen LogP contribution in [0.4, 0.5) is 0 Å². The largest absolute Gasteiger partial charge is 0.349 e. The average molecular weight is 374 g/mol. The number of carbonyl (C=O) groups is 1. The number of carbonyl (C=O) groups excluding carboxylic acids is 1. The highest BCUT2D eigenvalue weighted by atomic mass is 32.1. The van der Waals surface area contributed by atoms with Crippen LogP contribution in [0.1, 0.15) is 33.4 Å². The smallest absolute Gasteiger partial charge is 0.263 e. The van der Waals surface area contributed by atoms with E-state index in [0.717, 1.165) is 13.1 Å². The fourth-order valence-electron chi connectivity index (χ4n) is 3.14. The maximum atomic E-state index is 12.7. The lowest BCUT2D eigenvalue weighted by Crippen LogP contribution is -2.36. The van der Waals surface area contributed by atoms with E-state index in [9.17, 15) is 4.79 Å². The molecule has 0 radical (unpaired) electrons. The molecule has 7 nitrogen and oxygen atoms in total. The second kappa shape index (κ2) is 7.42. The zero-order chi connectivity index (χ0) is 17.1. The molecule has 4 heterocycles. The van der Waals surface area contributed by atoms with Crippen LogP contribution in [0.25, 0.3) is 5.69 Å². The molecule has 0 aromatic carbocycles. The molecular formula is C16H18N6OS2. The second-order valence-electron chi connectivity index (χ2n) is 5.87. The predicted molar refractivity (Wildman–Crippen MR) is 97.2 cm³/mol. The molecule has 3 aromatic rings. The van der Waals surface area contributed by atoms with Gasteiger partial charge in [-0.05, 0) is 59.3 Å². The molecular weight excluding hydrogens is 356 g/mol. The third kappa shape index (κ3) is 3.48. The topological polar surface area (TPSA) is 75.9 Å². The number of hydrogen-bond donors (Lipinski definition) is 1. The average Bonchev–Trinajstić information content (AvgIpc) is 3.43. The highest BCUT2D eigenvalue weighted by molar-refractivity contribution is 7.12. The fraction of sp³-hybridized carbons (Fsp3) is 0.375. The Morgan fingerprint density at radius 3 is 2.84 bits per heavy atom. The van der Waals surface area contributed by atoms with Gasteiger partial charge in [0.15, 0.2) is 0 Å². The summed E-state index contributed by atoms with van der Waals surface area (Å²) < 4.78 is 1.52. The minimum atomic E-state index is -0.0822. The standard InChI is InChI=1S/C16H18N6OS2/c23-16(15-12(5-9-25-15)22-11-18-19-20-22)17-10-13(14-4-3-8-24-14)21-6-1-2-7-21/h3-5,8-9,11,13H,1-2,6-7,10H2,(H,17,23)/t13-/m0/s1. The van der Waals surface area contributed by atoms with E-state index in [1.54, 1.807) is 11.3 Å². The van der Waals surface area contributed by atoms with Gasteiger partial charge in [-0.2, -0.15) is 4.68 Å². The van der Waals surface area contributed by atoms with Crippen LogP contribution in [0.2, 0.25) is 0 Å². The van der Waals surface area contributed by atoms with E-state index in [-0.39, 0.29) is 11.9 Å². The summed E-state index contributed by atoms with van der Waals surface area (Å²) >= 11 is 3.15. The normalized spacial score (nSPS) is 16.2. The second-order valence-corrected chi connectivity index (χ2v) is 7.77. The molecule has 1 N–H and O–H groups in total. The maximum Gasteiger partial charge on any atom is 0.263 e. The Morgan fingerprint density at radius 1 is 1.24 bits per heavy atom. The van der Waals surface area contributed by atoms with E-state index < -0.39 is 0 Å². The molecule has 4 rings (SSSR count). The van der Waals surface area contributed by atoms with Gasteiger partial charge in [-0.1, -0.05) is 6.07 Å². The summed E-state index contributed by atoms with van der Waals surface area (Å²) in [6.45, 7) is 2.78. The first-order valence-corrected chi connectivity index (χ1v) is 9.95. The Morgan fingerprint density at radius 2 is 2.12 bits per heavy atom. The Labute approximate surface area is 153 Å². The number of likely N-dealkylation sites (tertiary alicyclic amines) is 1. The van der Waals surface area contributed by atoms with Gasteiger partial charge in [-0.15, -0.1) is 27.8 Å². The minimum Gasteiger partial charge on any atom is -0.349 e. The quantitative estimate of drug-likeness (QED) is 0.717. The Hall–Kier alpha value is -2.10. The van der Waals surface area contributed by atoms with Crippen LogP contribution in [-0.4, -0.2) is 50.6 Å². The van der Waals surface area contributed by atoms with Gasteiger partial charge in [0, 0.05) is 11.4 Å². The summed E-state index contributed by atoms with van der Waals surface area (Å²) in [5, 5.41) is 18.2. The molecule has 0 spiro atoms. The monoisotopic (exact) mass is 374 g/mol. The van der Waals surface area contributed by atoms with Gasteiger partial charge in [0.2, 0.25) is 0 Å². The fourth-order valence-corrected chi connectivity index (χ4v) is 4.79. The molecule has 0 unspecified atom stereocenters. The number of nitrogens with zero attached hydrogens (tertiary/aromatic N) is 5. The molecule has 1 aliphatic heterocycles. The lowest BCUT2D eigenvalue weighted by Gasteiger charge is -2.26. The van der Waals surface area contributed by atoms with Gasteiger partial charge in [-0.3, -0.25) is 9.69 Å². The number of hydrogen-bond acceptors (Lipinski definition) is 7. The first kappa shape index (κ1) is 16.4. The van der Waals surface area contributed by atoms with Crippen molar-refractivity contribution in [1.29, 1.82) is 0 Å².